The third kappa shape index (κ3) is 2.93. The van der Waals surface area contributed by atoms with Gasteiger partial charge in [-0.2, -0.15) is 0 Å². The van der Waals surface area contributed by atoms with Gasteiger partial charge in [-0.15, -0.1) is 0 Å². The van der Waals surface area contributed by atoms with Crippen molar-refractivity contribution >= 4 is 15.7 Å². The van der Waals surface area contributed by atoms with Crippen molar-refractivity contribution in [1.29, 1.82) is 0 Å². The first-order chi connectivity index (χ1) is 9.29. The lowest BCUT2D eigenvalue weighted by Gasteiger charge is -2.12. The lowest BCUT2D eigenvalue weighted by Crippen LogP contribution is -2.14. The van der Waals surface area contributed by atoms with Gasteiger partial charge in [0.15, 0.2) is 0 Å². The molecule has 0 bridgehead atoms. The molecule has 2 rings (SSSR count). The fourth-order valence-electron chi connectivity index (χ4n) is 2.00. The fraction of sp³-hybridized carbons (Fsp3) is 0.200. The Hall–Kier alpha value is -2.01. The van der Waals surface area contributed by atoms with E-state index in [9.17, 15) is 13.5 Å². The monoisotopic (exact) mass is 291 g/mol. The molecule has 0 aromatic heterocycles. The van der Waals surface area contributed by atoms with E-state index in [0.717, 1.165) is 11.1 Å². The van der Waals surface area contributed by atoms with Gasteiger partial charge in [0.05, 0.1) is 10.6 Å². The first kappa shape index (κ1) is 14.4. The summed E-state index contributed by atoms with van der Waals surface area (Å²) in [4.78, 5) is 0.254. The van der Waals surface area contributed by atoms with E-state index in [1.807, 2.05) is 19.9 Å². The Kier molecular flexibility index (Phi) is 3.72. The van der Waals surface area contributed by atoms with Gasteiger partial charge in [0.2, 0.25) is 0 Å². The van der Waals surface area contributed by atoms with E-state index in [0.29, 0.717) is 11.3 Å². The van der Waals surface area contributed by atoms with Crippen molar-refractivity contribution in [2.75, 3.05) is 4.72 Å². The second kappa shape index (κ2) is 5.17. The van der Waals surface area contributed by atoms with Crippen LogP contribution in [0.5, 0.6) is 5.75 Å². The molecule has 0 saturated heterocycles. The van der Waals surface area contributed by atoms with E-state index in [-0.39, 0.29) is 10.6 Å². The molecular weight excluding hydrogens is 274 g/mol. The van der Waals surface area contributed by atoms with E-state index in [4.69, 9.17) is 0 Å². The maximum Gasteiger partial charge on any atom is 0.262 e. The van der Waals surface area contributed by atoms with Crippen molar-refractivity contribution < 1.29 is 13.5 Å². The van der Waals surface area contributed by atoms with E-state index in [1.54, 1.807) is 25.1 Å². The lowest BCUT2D eigenvalue weighted by molar-refractivity contribution is 0.475. The van der Waals surface area contributed by atoms with Crippen LogP contribution in [-0.4, -0.2) is 13.5 Å². The van der Waals surface area contributed by atoms with E-state index < -0.39 is 10.0 Å². The largest absolute Gasteiger partial charge is 0.508 e. The molecule has 0 aliphatic rings. The number of phenols is 1. The summed E-state index contributed by atoms with van der Waals surface area (Å²) in [7, 11) is -3.66. The van der Waals surface area contributed by atoms with Crippen LogP contribution in [0.1, 0.15) is 16.7 Å². The molecule has 0 spiro atoms. The average molecular weight is 291 g/mol. The van der Waals surface area contributed by atoms with Gasteiger partial charge in [0.1, 0.15) is 5.75 Å². The highest BCUT2D eigenvalue weighted by atomic mass is 32.2. The van der Waals surface area contributed by atoms with Crippen LogP contribution in [0.4, 0.5) is 5.69 Å². The molecule has 0 radical (unpaired) electrons. The van der Waals surface area contributed by atoms with Crippen LogP contribution in [0.2, 0.25) is 0 Å². The zero-order valence-electron chi connectivity index (χ0n) is 11.6. The van der Waals surface area contributed by atoms with Gasteiger partial charge in [-0.1, -0.05) is 12.1 Å². The standard InChI is InChI=1S/C15H17NO3S/c1-10-7-12(3)15(8-11(10)2)20(18,19)16-13-5-4-6-14(17)9-13/h4-9,16-17H,1-3H3. The van der Waals surface area contributed by atoms with Gasteiger partial charge in [-0.25, -0.2) is 8.42 Å². The molecule has 0 aliphatic heterocycles. The molecule has 0 saturated carbocycles. The summed E-state index contributed by atoms with van der Waals surface area (Å²) < 4.78 is 27.3. The minimum atomic E-state index is -3.66. The van der Waals surface area contributed by atoms with E-state index in [1.165, 1.54) is 12.1 Å². The Morgan fingerprint density at radius 2 is 1.60 bits per heavy atom. The average Bonchev–Trinajstić information content (AvgIpc) is 2.33. The first-order valence-corrected chi connectivity index (χ1v) is 7.67. The quantitative estimate of drug-likeness (QED) is 0.913. The Morgan fingerprint density at radius 3 is 2.25 bits per heavy atom. The Balaban J connectivity index is 2.43. The lowest BCUT2D eigenvalue weighted by atomic mass is 10.1. The van der Waals surface area contributed by atoms with Crippen LogP contribution >= 0.6 is 0 Å². The van der Waals surface area contributed by atoms with Gasteiger partial charge in [0, 0.05) is 6.07 Å². The van der Waals surface area contributed by atoms with Crippen molar-refractivity contribution in [3.05, 3.63) is 53.1 Å². The molecule has 2 aromatic rings. The minimum absolute atomic E-state index is 0.0157. The number of aryl methyl sites for hydroxylation is 3. The van der Waals surface area contributed by atoms with Crippen LogP contribution in [0.3, 0.4) is 0 Å². The van der Waals surface area contributed by atoms with Gasteiger partial charge in [-0.3, -0.25) is 4.72 Å². The topological polar surface area (TPSA) is 66.4 Å². The fourth-order valence-corrected chi connectivity index (χ4v) is 3.37. The normalized spacial score (nSPS) is 11.3. The first-order valence-electron chi connectivity index (χ1n) is 6.19. The van der Waals surface area contributed by atoms with Crippen molar-refractivity contribution in [3.63, 3.8) is 0 Å². The molecule has 2 N–H and O–H groups in total. The third-order valence-electron chi connectivity index (χ3n) is 3.18. The zero-order valence-corrected chi connectivity index (χ0v) is 12.5. The molecule has 106 valence electrons. The molecule has 20 heavy (non-hydrogen) atoms. The Labute approximate surface area is 119 Å². The summed E-state index contributed by atoms with van der Waals surface area (Å²) in [6.07, 6.45) is 0. The number of rotatable bonds is 3. The molecule has 0 fully saturated rings. The number of hydrogen-bond donors (Lipinski definition) is 2. The molecule has 2 aromatic carbocycles. The van der Waals surface area contributed by atoms with Crippen molar-refractivity contribution in [2.45, 2.75) is 25.7 Å². The summed E-state index contributed by atoms with van der Waals surface area (Å²) in [5, 5.41) is 9.38. The van der Waals surface area contributed by atoms with Gasteiger partial charge in [-0.05, 0) is 55.7 Å². The number of benzene rings is 2. The van der Waals surface area contributed by atoms with Crippen LogP contribution < -0.4 is 4.72 Å². The van der Waals surface area contributed by atoms with Gasteiger partial charge >= 0.3 is 0 Å². The molecule has 0 atom stereocenters. The summed E-state index contributed by atoms with van der Waals surface area (Å²) in [5.41, 5.74) is 3.01. The number of sulfonamides is 1. The van der Waals surface area contributed by atoms with Crippen LogP contribution in [-0.2, 0) is 10.0 Å². The SMILES string of the molecule is Cc1cc(C)c(S(=O)(=O)Nc2cccc(O)c2)cc1C. The Morgan fingerprint density at radius 1 is 0.950 bits per heavy atom. The summed E-state index contributed by atoms with van der Waals surface area (Å²) >= 11 is 0. The number of aromatic hydroxyl groups is 1. The molecule has 0 aliphatic carbocycles. The second-order valence-electron chi connectivity index (χ2n) is 4.86. The minimum Gasteiger partial charge on any atom is -0.508 e. The molecular formula is C15H17NO3S. The van der Waals surface area contributed by atoms with E-state index >= 15 is 0 Å². The zero-order chi connectivity index (χ0) is 14.9. The molecule has 0 unspecified atom stereocenters. The van der Waals surface area contributed by atoms with Crippen LogP contribution in [0, 0.1) is 20.8 Å². The predicted molar refractivity (Wildman–Crippen MR) is 79.6 cm³/mol. The predicted octanol–water partition coefficient (Wildman–Crippen LogP) is 3.12. The third-order valence-corrected chi connectivity index (χ3v) is 4.70. The smallest absolute Gasteiger partial charge is 0.262 e. The highest BCUT2D eigenvalue weighted by molar-refractivity contribution is 7.92. The maximum atomic E-state index is 12.4. The van der Waals surface area contributed by atoms with Crippen LogP contribution in [0.25, 0.3) is 0 Å². The number of phenolic OH excluding ortho intramolecular Hbond substituents is 1. The van der Waals surface area contributed by atoms with Crippen molar-refractivity contribution in [2.24, 2.45) is 0 Å². The molecule has 0 heterocycles. The highest BCUT2D eigenvalue weighted by Crippen LogP contribution is 2.24. The van der Waals surface area contributed by atoms with Gasteiger partial charge < -0.3 is 5.11 Å². The second-order valence-corrected chi connectivity index (χ2v) is 6.51. The summed E-state index contributed by atoms with van der Waals surface area (Å²) in [6, 6.07) is 9.54. The van der Waals surface area contributed by atoms with Crippen LogP contribution in [0.15, 0.2) is 41.3 Å². The molecule has 0 amide bonds. The number of nitrogens with one attached hydrogen (secondary N) is 1. The van der Waals surface area contributed by atoms with Crippen molar-refractivity contribution in [3.8, 4) is 5.75 Å². The van der Waals surface area contributed by atoms with E-state index in [2.05, 4.69) is 4.72 Å². The summed E-state index contributed by atoms with van der Waals surface area (Å²) in [5.74, 6) is 0.0157. The molecule has 4 nitrogen and oxygen atoms in total. The number of anilines is 1. The van der Waals surface area contributed by atoms with Gasteiger partial charge in [0.25, 0.3) is 10.0 Å². The van der Waals surface area contributed by atoms with Crippen molar-refractivity contribution in [1.82, 2.24) is 0 Å². The Bertz CT molecular complexity index is 752. The molecule has 5 heteroatoms. The maximum absolute atomic E-state index is 12.4. The highest BCUT2D eigenvalue weighted by Gasteiger charge is 2.18. The summed E-state index contributed by atoms with van der Waals surface area (Å²) in [6.45, 7) is 5.59. The number of hydrogen-bond acceptors (Lipinski definition) is 3.